The number of aromatic nitrogens is 32. The van der Waals surface area contributed by atoms with Gasteiger partial charge in [0.2, 0.25) is 5.65 Å². The van der Waals surface area contributed by atoms with Crippen LogP contribution in [0.25, 0.3) is 111 Å². The minimum absolute atomic E-state index is 0.399. The number of nitrogens with zero attached hydrogens (tertiary/aromatic N) is 26. The second-order valence-electron chi connectivity index (χ2n) is 38.7. The van der Waals surface area contributed by atoms with Gasteiger partial charge < -0.3 is 24.3 Å². The van der Waals surface area contributed by atoms with Gasteiger partial charge in [0.15, 0.2) is 16.9 Å². The summed E-state index contributed by atoms with van der Waals surface area (Å²) in [6.45, 7) is 51.8. The summed E-state index contributed by atoms with van der Waals surface area (Å²) in [5.74, 6) is 6.96. The van der Waals surface area contributed by atoms with Crippen molar-refractivity contribution in [1.29, 1.82) is 0 Å². The Morgan fingerprint density at radius 1 is 0.260 bits per heavy atom. The zero-order valence-corrected chi connectivity index (χ0v) is 88.1. The first kappa shape index (κ1) is 107. The average molecular weight is 1950 g/mol. The van der Waals surface area contributed by atoms with Gasteiger partial charge in [-0.3, -0.25) is 14.5 Å². The van der Waals surface area contributed by atoms with Crippen molar-refractivity contribution in [2.45, 2.75) is 237 Å². The van der Waals surface area contributed by atoms with E-state index in [0.29, 0.717) is 76.7 Å². The molecule has 0 saturated carbocycles. The molecule has 0 radical (unpaired) electrons. The molecule has 146 heavy (non-hydrogen) atoms. The van der Waals surface area contributed by atoms with E-state index in [9.17, 15) is 0 Å². The summed E-state index contributed by atoms with van der Waals surface area (Å²) in [5, 5.41) is 31.6. The molecule has 0 bridgehead atoms. The van der Waals surface area contributed by atoms with E-state index in [2.05, 4.69) is 378 Å². The maximum absolute atomic E-state index is 4.32. The third-order valence-corrected chi connectivity index (χ3v) is 24.1. The molecule has 0 saturated heterocycles. The third kappa shape index (κ3) is 27.3. The first-order valence-electron chi connectivity index (χ1n) is 49.9. The Kier molecular flexibility index (Phi) is 37.6. The molecule has 2 aromatic carbocycles. The Bertz CT molecular complexity index is 6740. The molecule has 32 nitrogen and oxygen atoms in total. The van der Waals surface area contributed by atoms with Gasteiger partial charge in [-0.25, -0.2) is 88.8 Å². The van der Waals surface area contributed by atoms with Crippen molar-refractivity contribution in [3.8, 4) is 0 Å². The van der Waals surface area contributed by atoms with Crippen molar-refractivity contribution < 1.29 is 0 Å². The van der Waals surface area contributed by atoms with Gasteiger partial charge in [-0.2, -0.15) is 25.6 Å². The molecule has 0 aliphatic carbocycles. The Morgan fingerprint density at radius 2 is 0.740 bits per heavy atom. The molecule has 0 atom stereocenters. The number of nitrogens with one attached hydrogen (secondary N) is 6. The highest BCUT2D eigenvalue weighted by Crippen LogP contribution is 2.30. The number of rotatable bonds is 12. The maximum atomic E-state index is 4.32. The summed E-state index contributed by atoms with van der Waals surface area (Å²) < 4.78 is 7.91. The molecule has 0 unspecified atom stereocenters. The summed E-state index contributed by atoms with van der Waals surface area (Å²) in [5.41, 5.74) is 27.9. The van der Waals surface area contributed by atoms with Crippen LogP contribution < -0.4 is 0 Å². The Labute approximate surface area is 851 Å². The maximum Gasteiger partial charge on any atom is 0.201 e. The zero-order valence-electron chi connectivity index (χ0n) is 88.1. The van der Waals surface area contributed by atoms with Gasteiger partial charge >= 0.3 is 0 Å². The summed E-state index contributed by atoms with van der Waals surface area (Å²) >= 11 is 0. The molecule has 22 aromatic heterocycles. The van der Waals surface area contributed by atoms with Gasteiger partial charge in [-0.1, -0.05) is 203 Å². The molecular weight excluding hydrogens is 1820 g/mol. The molecule has 0 aliphatic rings. The van der Waals surface area contributed by atoms with Gasteiger partial charge in [0.25, 0.3) is 0 Å². The molecule has 24 rings (SSSR count). The summed E-state index contributed by atoms with van der Waals surface area (Å²) in [6.07, 6.45) is 37.8. The topological polar surface area (TPSA) is 396 Å². The van der Waals surface area contributed by atoms with Crippen molar-refractivity contribution in [3.63, 3.8) is 0 Å². The summed E-state index contributed by atoms with van der Waals surface area (Å²) in [4.78, 5) is 83.3. The number of H-pyrrole nitrogens is 6. The quantitative estimate of drug-likeness (QED) is 0.0661. The molecule has 22 heterocycles. The number of pyridine rings is 5. The van der Waals surface area contributed by atoms with Gasteiger partial charge in [-0.05, 0) is 214 Å². The minimum Gasteiger partial charge on any atom is -0.346 e. The lowest BCUT2D eigenvalue weighted by atomic mass is 9.99. The number of hydrogen-bond donors (Lipinski definition) is 6. The molecule has 32 heteroatoms. The van der Waals surface area contributed by atoms with Crippen molar-refractivity contribution >= 4 is 111 Å². The van der Waals surface area contributed by atoms with Crippen molar-refractivity contribution in [2.75, 3.05) is 0 Å². The van der Waals surface area contributed by atoms with E-state index in [-0.39, 0.29) is 0 Å². The number of aromatic amines is 6. The van der Waals surface area contributed by atoms with Crippen LogP contribution >= 0.6 is 0 Å². The predicted octanol–water partition coefficient (Wildman–Crippen LogP) is 26.6. The second kappa shape index (κ2) is 51.4. The van der Waals surface area contributed by atoms with Gasteiger partial charge in [0.05, 0.1) is 69.2 Å². The molecule has 24 aromatic rings. The minimum atomic E-state index is 0.399. The molecular formula is C114H136N32. The average Bonchev–Trinajstić information content (AvgIpc) is 1.81. The molecule has 752 valence electrons. The van der Waals surface area contributed by atoms with E-state index < -0.39 is 0 Å². The zero-order chi connectivity index (χ0) is 104. The van der Waals surface area contributed by atoms with E-state index in [4.69, 9.17) is 0 Å². The second-order valence-corrected chi connectivity index (χ2v) is 38.7. The summed E-state index contributed by atoms with van der Waals surface area (Å²) in [6, 6.07) is 51.0. The van der Waals surface area contributed by atoms with Crippen LogP contribution in [0, 0.1) is 0 Å². The third-order valence-electron chi connectivity index (χ3n) is 24.1. The van der Waals surface area contributed by atoms with Crippen LogP contribution in [0.3, 0.4) is 0 Å². The van der Waals surface area contributed by atoms with E-state index in [0.717, 1.165) is 112 Å². The Hall–Kier alpha value is -16.5. The van der Waals surface area contributed by atoms with Crippen LogP contribution in [0.2, 0.25) is 0 Å². The number of fused-ring (bicyclic) bond motifs is 12. The lowest BCUT2D eigenvalue weighted by Crippen LogP contribution is -2.02. The monoisotopic (exact) mass is 1950 g/mol. The van der Waals surface area contributed by atoms with Crippen LogP contribution in [0.5, 0.6) is 0 Å². The molecule has 0 amide bonds. The standard InChI is InChI=1S/C12H13N.C11H12N2.3C10H12N2.5C9H11N3.2C8H10N4/c1-9(2)10-7-8-13-12-6-4-3-5-11(10)12;1-8(2)11-9-5-3-4-6-10(9)12-7-13-11;1-7(2)8-3-5-11-10-9(8)4-6-12-10;1-8(2)9-5-6-11-10-4-3-7-12(9)10;1-8(2)9-5-6-11-12-7-3-4-10(9)12;1-6(2)8-7-3-4-10-9(7)12-5-11-8;1-6(2)7-3-4-10-9-8(7)11-5-12-9;1-6(2)7-3-4-10-9-8(7)5-11-12-9;1-7(2)9-11-6-10-8-4-3-5-12(8)9;1-7(2)9-8-4-3-5-12(8)11-6-10-9;1-5(2)6-7-8(11-3-9-6)12-4-10-7;1-5(2)6-3-4-9-8-7(6)10-12-11-8/h3-9H,1-2H3;3-8H,1-2H3;3-7H,1-2H3,(H,11,12);2*3-8H,1-2H3;3*3-6H,1-2H3,(H,10,11,12);2*3-7H,1-2H3;2*3-5H,1-2H3,(H,9,10,11,12). The number of benzene rings is 2. The number of hydrogen-bond acceptors (Lipinski definition) is 22. The highest BCUT2D eigenvalue weighted by Gasteiger charge is 2.17. The normalized spacial score (nSPS) is 11.2. The highest BCUT2D eigenvalue weighted by molar-refractivity contribution is 5.84. The fourth-order valence-corrected chi connectivity index (χ4v) is 16.7. The molecule has 0 fully saturated rings. The molecule has 0 spiro atoms. The van der Waals surface area contributed by atoms with E-state index in [1.807, 2.05) is 173 Å². The number of imidazole rings is 2. The predicted molar refractivity (Wildman–Crippen MR) is 588 cm³/mol. The van der Waals surface area contributed by atoms with Gasteiger partial charge in [0.1, 0.15) is 71.1 Å². The van der Waals surface area contributed by atoms with Gasteiger partial charge in [0, 0.05) is 119 Å². The lowest BCUT2D eigenvalue weighted by Gasteiger charge is -2.08. The van der Waals surface area contributed by atoms with Crippen LogP contribution in [-0.4, -0.2) is 158 Å². The van der Waals surface area contributed by atoms with E-state index in [1.54, 1.807) is 56.7 Å². The largest absolute Gasteiger partial charge is 0.346 e. The lowest BCUT2D eigenvalue weighted by molar-refractivity contribution is 0.743. The Balaban J connectivity index is 0.000000133. The first-order valence-corrected chi connectivity index (χ1v) is 49.9. The van der Waals surface area contributed by atoms with Crippen LogP contribution in [0.4, 0.5) is 0 Å². The summed E-state index contributed by atoms with van der Waals surface area (Å²) in [7, 11) is 0. The van der Waals surface area contributed by atoms with Crippen LogP contribution in [-0.2, 0) is 0 Å². The van der Waals surface area contributed by atoms with Crippen molar-refractivity contribution in [2.24, 2.45) is 0 Å². The smallest absolute Gasteiger partial charge is 0.201 e. The molecule has 6 N–H and O–H groups in total. The number of para-hydroxylation sites is 2. The van der Waals surface area contributed by atoms with E-state index in [1.165, 1.54) is 60.8 Å². The van der Waals surface area contributed by atoms with Crippen molar-refractivity contribution in [1.82, 2.24) is 158 Å². The fourth-order valence-electron chi connectivity index (χ4n) is 16.7. The SMILES string of the molecule is CC(C)c1ccnc2[nH]ccc12.CC(C)c1ccnc2[nH]ncc12.CC(C)c1ccnc2ccccc12.CC(C)c1ccnc2cccn12.CC(C)c1ccnc2n[nH]nc12.CC(C)c1ccnc2nc[nH]c12.CC(C)c1ccnn2cccc12.CC(C)c1ncnc2[nH]ccc12.CC(C)c1ncnc2ccccc12.CC(C)c1ncnc2cccn12.CC(C)c1ncnc2nc[nH]c12.CC(C)c1ncnn2cccc12. The van der Waals surface area contributed by atoms with Crippen LogP contribution in [0.1, 0.15) is 305 Å². The first-order chi connectivity index (χ1) is 70.5. The van der Waals surface area contributed by atoms with Gasteiger partial charge in [-0.15, -0.1) is 5.10 Å². The highest BCUT2D eigenvalue weighted by atomic mass is 15.3. The van der Waals surface area contributed by atoms with Crippen LogP contribution in [0.15, 0.2) is 283 Å². The van der Waals surface area contributed by atoms with E-state index >= 15 is 0 Å². The molecule has 0 aliphatic heterocycles. The Morgan fingerprint density at radius 3 is 1.38 bits per heavy atom. The fraction of sp³-hybridized carbons (Fsp3) is 0.316. The van der Waals surface area contributed by atoms with Crippen molar-refractivity contribution in [3.05, 3.63) is 350 Å².